The second kappa shape index (κ2) is 10.0. The van der Waals surface area contributed by atoms with Crippen LogP contribution in [0.2, 0.25) is 0 Å². The predicted octanol–water partition coefficient (Wildman–Crippen LogP) is 4.16. The van der Waals surface area contributed by atoms with E-state index in [0.29, 0.717) is 58.1 Å². The molecule has 0 saturated carbocycles. The van der Waals surface area contributed by atoms with E-state index in [1.54, 1.807) is 41.4 Å². The van der Waals surface area contributed by atoms with Gasteiger partial charge in [-0.3, -0.25) is 18.9 Å². The summed E-state index contributed by atoms with van der Waals surface area (Å²) < 4.78 is 16.3. The summed E-state index contributed by atoms with van der Waals surface area (Å²) in [6.45, 7) is 6.22. The van der Waals surface area contributed by atoms with E-state index in [4.69, 9.17) is 17.2 Å². The van der Waals surface area contributed by atoms with E-state index in [0.717, 1.165) is 6.42 Å². The number of pyridine rings is 1. The number of benzene rings is 1. The minimum absolute atomic E-state index is 0.0230. The first-order valence-corrected chi connectivity index (χ1v) is 13.1. The van der Waals surface area contributed by atoms with Crippen molar-refractivity contribution >= 4 is 57.4 Å². The van der Waals surface area contributed by atoms with Crippen LogP contribution in [0.5, 0.6) is 0 Å². The van der Waals surface area contributed by atoms with Gasteiger partial charge in [0.1, 0.15) is 21.6 Å². The van der Waals surface area contributed by atoms with Gasteiger partial charge in [-0.15, -0.1) is 0 Å². The number of thioether (sulfide) groups is 1. The highest BCUT2D eigenvalue weighted by atomic mass is 32.2. The molecule has 5 rings (SSSR count). The summed E-state index contributed by atoms with van der Waals surface area (Å²) in [5, 5.41) is 0. The van der Waals surface area contributed by atoms with Crippen molar-refractivity contribution in [3.8, 4) is 0 Å². The van der Waals surface area contributed by atoms with Crippen LogP contribution in [0.4, 0.5) is 15.9 Å². The summed E-state index contributed by atoms with van der Waals surface area (Å²) in [6.07, 6.45) is 4.08. The third kappa shape index (κ3) is 4.39. The summed E-state index contributed by atoms with van der Waals surface area (Å²) in [4.78, 5) is 37.7. The molecule has 2 saturated heterocycles. The first-order valence-electron chi connectivity index (χ1n) is 11.9. The van der Waals surface area contributed by atoms with Crippen LogP contribution < -0.4 is 15.4 Å². The zero-order chi connectivity index (χ0) is 25.4. The molecule has 0 bridgehead atoms. The molecular formula is C26H26FN5O2S2. The number of halogens is 1. The van der Waals surface area contributed by atoms with Crippen molar-refractivity contribution in [2.24, 2.45) is 0 Å². The van der Waals surface area contributed by atoms with Crippen LogP contribution in [0.1, 0.15) is 25.8 Å². The number of thiocarbonyl (C=S) groups is 1. The molecule has 10 heteroatoms. The number of anilines is 2. The van der Waals surface area contributed by atoms with Crippen LogP contribution in [-0.2, 0) is 4.79 Å². The molecule has 2 aliphatic heterocycles. The summed E-state index contributed by atoms with van der Waals surface area (Å²) in [5.41, 5.74) is 1.19. The SMILES string of the molecule is CCC(C)N1C(=O)C(=Cc2c(N3CCN(c4ccccc4F)CC3)nc3ccccn3c2=O)SC1=S. The van der Waals surface area contributed by atoms with E-state index < -0.39 is 0 Å². The molecule has 4 heterocycles. The fraction of sp³-hybridized carbons (Fsp3) is 0.308. The maximum Gasteiger partial charge on any atom is 0.267 e. The molecule has 2 fully saturated rings. The van der Waals surface area contributed by atoms with Crippen molar-refractivity contribution in [3.05, 3.63) is 75.3 Å². The lowest BCUT2D eigenvalue weighted by atomic mass is 10.2. The highest BCUT2D eigenvalue weighted by Crippen LogP contribution is 2.35. The van der Waals surface area contributed by atoms with Gasteiger partial charge in [0.25, 0.3) is 11.5 Å². The minimum atomic E-state index is -0.253. The standard InChI is InChI=1S/C26H26FN5O2S2/c1-3-17(2)32-25(34)21(36-26(32)35)16-18-23(28-22-10-6-7-11-31(22)24(18)33)30-14-12-29(13-15-30)20-9-5-4-8-19(20)27/h4-11,16-17H,3,12-15H2,1-2H3. The van der Waals surface area contributed by atoms with Crippen LogP contribution in [0.15, 0.2) is 58.4 Å². The van der Waals surface area contributed by atoms with Crippen LogP contribution in [0.3, 0.4) is 0 Å². The third-order valence-electron chi connectivity index (χ3n) is 6.65. The number of hydrogen-bond acceptors (Lipinski definition) is 7. The van der Waals surface area contributed by atoms with Gasteiger partial charge in [-0.25, -0.2) is 9.37 Å². The number of amides is 1. The van der Waals surface area contributed by atoms with Gasteiger partial charge >= 0.3 is 0 Å². The van der Waals surface area contributed by atoms with Crippen molar-refractivity contribution in [2.75, 3.05) is 36.0 Å². The number of fused-ring (bicyclic) bond motifs is 1. The van der Waals surface area contributed by atoms with Crippen molar-refractivity contribution in [2.45, 2.75) is 26.3 Å². The van der Waals surface area contributed by atoms with E-state index in [1.165, 1.54) is 22.2 Å². The number of carbonyl (C=O) groups is 1. The van der Waals surface area contributed by atoms with E-state index in [2.05, 4.69) is 0 Å². The molecule has 1 aromatic carbocycles. The highest BCUT2D eigenvalue weighted by Gasteiger charge is 2.35. The summed E-state index contributed by atoms with van der Waals surface area (Å²) in [5.74, 6) is 0.0810. The number of para-hydroxylation sites is 1. The molecule has 2 aliphatic rings. The fourth-order valence-corrected chi connectivity index (χ4v) is 5.94. The Balaban J connectivity index is 1.52. The third-order valence-corrected chi connectivity index (χ3v) is 7.98. The van der Waals surface area contributed by atoms with Crippen molar-refractivity contribution in [1.29, 1.82) is 0 Å². The second-order valence-corrected chi connectivity index (χ2v) is 10.5. The Morgan fingerprint density at radius 3 is 2.50 bits per heavy atom. The monoisotopic (exact) mass is 523 g/mol. The van der Waals surface area contributed by atoms with Crippen molar-refractivity contribution in [3.63, 3.8) is 0 Å². The van der Waals surface area contributed by atoms with E-state index in [1.807, 2.05) is 35.8 Å². The summed E-state index contributed by atoms with van der Waals surface area (Å²) >= 11 is 6.69. The second-order valence-electron chi connectivity index (χ2n) is 8.82. The van der Waals surface area contributed by atoms with Gasteiger partial charge in [-0.2, -0.15) is 0 Å². The molecule has 0 N–H and O–H groups in total. The molecule has 2 aromatic heterocycles. The molecule has 0 radical (unpaired) electrons. The smallest absolute Gasteiger partial charge is 0.267 e. The number of hydrogen-bond donors (Lipinski definition) is 0. The molecule has 3 aromatic rings. The highest BCUT2D eigenvalue weighted by molar-refractivity contribution is 8.26. The maximum absolute atomic E-state index is 14.3. The topological polar surface area (TPSA) is 61.2 Å². The Hall–Kier alpha value is -3.24. The lowest BCUT2D eigenvalue weighted by Crippen LogP contribution is -2.47. The van der Waals surface area contributed by atoms with Crippen molar-refractivity contribution in [1.82, 2.24) is 14.3 Å². The first-order chi connectivity index (χ1) is 17.4. The average Bonchev–Trinajstić information content (AvgIpc) is 3.18. The Morgan fingerprint density at radius 1 is 1.08 bits per heavy atom. The number of rotatable bonds is 5. The Bertz CT molecular complexity index is 1430. The molecule has 36 heavy (non-hydrogen) atoms. The molecule has 186 valence electrons. The zero-order valence-electron chi connectivity index (χ0n) is 20.1. The molecule has 0 aliphatic carbocycles. The van der Waals surface area contributed by atoms with Gasteiger partial charge in [0, 0.05) is 38.4 Å². The summed E-state index contributed by atoms with van der Waals surface area (Å²) in [7, 11) is 0. The Labute approximate surface area is 218 Å². The lowest BCUT2D eigenvalue weighted by Gasteiger charge is -2.37. The number of carbonyl (C=O) groups excluding carboxylic acids is 1. The zero-order valence-corrected chi connectivity index (χ0v) is 21.7. The maximum atomic E-state index is 14.3. The molecule has 1 atom stereocenters. The number of aromatic nitrogens is 2. The van der Waals surface area contributed by atoms with Crippen LogP contribution in [-0.4, -0.2) is 56.7 Å². The van der Waals surface area contributed by atoms with E-state index >= 15 is 0 Å². The van der Waals surface area contributed by atoms with Gasteiger partial charge in [0.15, 0.2) is 0 Å². The minimum Gasteiger partial charge on any atom is -0.366 e. The first kappa shape index (κ1) is 24.5. The van der Waals surface area contributed by atoms with Crippen LogP contribution >= 0.6 is 24.0 Å². The Morgan fingerprint density at radius 2 is 1.78 bits per heavy atom. The predicted molar refractivity (Wildman–Crippen MR) is 147 cm³/mol. The Kier molecular flexibility index (Phi) is 6.81. The molecule has 7 nitrogen and oxygen atoms in total. The average molecular weight is 524 g/mol. The number of piperazine rings is 1. The largest absolute Gasteiger partial charge is 0.366 e. The molecule has 1 amide bonds. The molecule has 0 spiro atoms. The normalized spacial score (nSPS) is 18.5. The van der Waals surface area contributed by atoms with Gasteiger partial charge < -0.3 is 9.80 Å². The quantitative estimate of drug-likeness (QED) is 0.368. The molecule has 1 unspecified atom stereocenters. The van der Waals surface area contributed by atoms with Crippen LogP contribution in [0.25, 0.3) is 11.7 Å². The molecular weight excluding hydrogens is 497 g/mol. The van der Waals surface area contributed by atoms with Gasteiger partial charge in [-0.1, -0.05) is 49.1 Å². The fourth-order valence-electron chi connectivity index (χ4n) is 4.50. The van der Waals surface area contributed by atoms with Gasteiger partial charge in [-0.05, 0) is 43.7 Å². The van der Waals surface area contributed by atoms with E-state index in [-0.39, 0.29) is 23.3 Å². The lowest BCUT2D eigenvalue weighted by molar-refractivity contribution is -0.123. The van der Waals surface area contributed by atoms with Crippen LogP contribution in [0, 0.1) is 5.82 Å². The van der Waals surface area contributed by atoms with Crippen molar-refractivity contribution < 1.29 is 9.18 Å². The summed E-state index contributed by atoms with van der Waals surface area (Å²) in [6, 6.07) is 12.1. The van der Waals surface area contributed by atoms with Gasteiger partial charge in [0.2, 0.25) is 0 Å². The number of nitrogens with zero attached hydrogens (tertiary/aromatic N) is 5. The van der Waals surface area contributed by atoms with E-state index in [9.17, 15) is 14.0 Å². The van der Waals surface area contributed by atoms with Gasteiger partial charge in [0.05, 0.1) is 16.2 Å².